The second-order valence-electron chi connectivity index (χ2n) is 8.26. The molecule has 0 bridgehead atoms. The Morgan fingerprint density at radius 3 is 2.52 bits per heavy atom. The van der Waals surface area contributed by atoms with Gasteiger partial charge in [0.05, 0.1) is 29.2 Å². The summed E-state index contributed by atoms with van der Waals surface area (Å²) in [5.41, 5.74) is 4.03. The van der Waals surface area contributed by atoms with Crippen LogP contribution in [0.3, 0.4) is 0 Å². The molecule has 160 valence electrons. The van der Waals surface area contributed by atoms with Gasteiger partial charge in [0.2, 0.25) is 5.95 Å². The second kappa shape index (κ2) is 8.11. The maximum atomic E-state index is 4.80. The Balaban J connectivity index is 1.39. The van der Waals surface area contributed by atoms with Crippen LogP contribution in [0.1, 0.15) is 26.8 Å². The lowest BCUT2D eigenvalue weighted by atomic mass is 10.2. The number of benzene rings is 1. The molecule has 0 radical (unpaired) electrons. The molecule has 0 amide bonds. The molecular formula is C23H28N8. The van der Waals surface area contributed by atoms with Crippen molar-refractivity contribution >= 4 is 39.4 Å². The number of pyridine rings is 1. The molecule has 0 saturated carbocycles. The molecule has 3 aromatic heterocycles. The Kier molecular flexibility index (Phi) is 5.15. The van der Waals surface area contributed by atoms with Gasteiger partial charge in [-0.15, -0.1) is 0 Å². The van der Waals surface area contributed by atoms with Gasteiger partial charge in [0.25, 0.3) is 0 Å². The fourth-order valence-electron chi connectivity index (χ4n) is 4.15. The highest BCUT2D eigenvalue weighted by Crippen LogP contribution is 2.26. The van der Waals surface area contributed by atoms with E-state index in [1.807, 2.05) is 36.9 Å². The van der Waals surface area contributed by atoms with E-state index in [0.717, 1.165) is 66.2 Å². The summed E-state index contributed by atoms with van der Waals surface area (Å²) in [7, 11) is 0. The molecule has 5 rings (SSSR count). The smallest absolute Gasteiger partial charge is 0.228 e. The summed E-state index contributed by atoms with van der Waals surface area (Å²) in [6.07, 6.45) is 5.66. The number of rotatable bonds is 5. The van der Waals surface area contributed by atoms with Gasteiger partial charge in [-0.1, -0.05) is 6.92 Å². The topological polar surface area (TPSA) is 75.0 Å². The predicted octanol–water partition coefficient (Wildman–Crippen LogP) is 3.84. The molecule has 8 nitrogen and oxygen atoms in total. The molecule has 0 atom stereocenters. The first-order valence-corrected chi connectivity index (χ1v) is 10.9. The van der Waals surface area contributed by atoms with Crippen LogP contribution >= 0.6 is 0 Å². The maximum Gasteiger partial charge on any atom is 0.228 e. The molecule has 4 aromatic rings. The molecule has 1 aromatic carbocycles. The summed E-state index contributed by atoms with van der Waals surface area (Å²) in [4.78, 5) is 23.3. The number of imidazole rings is 1. The van der Waals surface area contributed by atoms with Crippen LogP contribution in [0.5, 0.6) is 0 Å². The van der Waals surface area contributed by atoms with Crippen LogP contribution in [0.4, 0.5) is 17.5 Å². The molecule has 0 unspecified atom stereocenters. The largest absolute Gasteiger partial charge is 0.368 e. The normalized spacial score (nSPS) is 15.3. The SMILES string of the molecule is CCN1CCN(c2ccc(Nc3ncc4ccc5ncn(C(C)C)c5c4n3)nc2)CC1. The standard InChI is InChI=1S/C23H28N8/c1-4-29-9-11-30(12-10-29)18-6-8-20(24-14-18)27-23-25-13-17-5-7-19-22(21(17)28-23)31(15-26-19)16(2)3/h5-8,13-16H,4,9-12H2,1-3H3,(H,24,25,27,28). The van der Waals surface area contributed by atoms with Crippen LogP contribution in [0.25, 0.3) is 21.9 Å². The maximum absolute atomic E-state index is 4.80. The summed E-state index contributed by atoms with van der Waals surface area (Å²) < 4.78 is 2.15. The fraction of sp³-hybridized carbons (Fsp3) is 0.391. The zero-order valence-electron chi connectivity index (χ0n) is 18.3. The third-order valence-electron chi connectivity index (χ3n) is 6.01. The lowest BCUT2D eigenvalue weighted by Gasteiger charge is -2.35. The van der Waals surface area contributed by atoms with Gasteiger partial charge in [-0.05, 0) is 44.7 Å². The molecule has 0 spiro atoms. The highest BCUT2D eigenvalue weighted by atomic mass is 15.3. The Morgan fingerprint density at radius 1 is 0.968 bits per heavy atom. The monoisotopic (exact) mass is 416 g/mol. The summed E-state index contributed by atoms with van der Waals surface area (Å²) in [5.74, 6) is 1.27. The molecule has 1 aliphatic heterocycles. The molecule has 1 fully saturated rings. The van der Waals surface area contributed by atoms with Gasteiger partial charge in [-0.25, -0.2) is 19.9 Å². The van der Waals surface area contributed by atoms with Crippen molar-refractivity contribution < 1.29 is 0 Å². The Hall–Kier alpha value is -3.26. The Morgan fingerprint density at radius 2 is 1.81 bits per heavy atom. The first kappa shape index (κ1) is 19.7. The number of hydrogen-bond donors (Lipinski definition) is 1. The van der Waals surface area contributed by atoms with Crippen LogP contribution < -0.4 is 10.2 Å². The number of fused-ring (bicyclic) bond motifs is 3. The van der Waals surface area contributed by atoms with Gasteiger partial charge in [-0.2, -0.15) is 0 Å². The van der Waals surface area contributed by atoms with Gasteiger partial charge in [0, 0.05) is 43.8 Å². The highest BCUT2D eigenvalue weighted by molar-refractivity contribution is 6.02. The summed E-state index contributed by atoms with van der Waals surface area (Å²) in [6.45, 7) is 11.9. The van der Waals surface area contributed by atoms with E-state index in [9.17, 15) is 0 Å². The zero-order valence-corrected chi connectivity index (χ0v) is 18.3. The Bertz CT molecular complexity index is 1190. The molecule has 31 heavy (non-hydrogen) atoms. The average molecular weight is 417 g/mol. The minimum absolute atomic E-state index is 0.301. The van der Waals surface area contributed by atoms with Crippen LogP contribution in [0, 0.1) is 0 Å². The molecule has 4 heterocycles. The predicted molar refractivity (Wildman–Crippen MR) is 125 cm³/mol. The van der Waals surface area contributed by atoms with Crippen LogP contribution in [-0.2, 0) is 0 Å². The van der Waals surface area contributed by atoms with Gasteiger partial charge < -0.3 is 19.7 Å². The van der Waals surface area contributed by atoms with E-state index in [1.165, 1.54) is 0 Å². The van der Waals surface area contributed by atoms with E-state index in [2.05, 4.69) is 61.5 Å². The molecule has 1 N–H and O–H groups in total. The highest BCUT2D eigenvalue weighted by Gasteiger charge is 2.16. The number of aromatic nitrogens is 5. The molecule has 1 aliphatic rings. The minimum atomic E-state index is 0.301. The van der Waals surface area contributed by atoms with Crippen LogP contribution in [0.2, 0.25) is 0 Å². The molecular weight excluding hydrogens is 388 g/mol. The van der Waals surface area contributed by atoms with Gasteiger partial charge in [0.1, 0.15) is 11.3 Å². The van der Waals surface area contributed by atoms with Crippen LogP contribution in [-0.4, -0.2) is 62.1 Å². The van der Waals surface area contributed by atoms with E-state index in [0.29, 0.717) is 12.0 Å². The average Bonchev–Trinajstić information content (AvgIpc) is 3.25. The van der Waals surface area contributed by atoms with Gasteiger partial charge >= 0.3 is 0 Å². The van der Waals surface area contributed by atoms with Crippen molar-refractivity contribution in [2.24, 2.45) is 0 Å². The first-order chi connectivity index (χ1) is 15.1. The fourth-order valence-corrected chi connectivity index (χ4v) is 4.15. The number of nitrogens with zero attached hydrogens (tertiary/aromatic N) is 7. The number of hydrogen-bond acceptors (Lipinski definition) is 7. The summed E-state index contributed by atoms with van der Waals surface area (Å²) in [6, 6.07) is 8.45. The van der Waals surface area contributed by atoms with Crippen molar-refractivity contribution in [1.82, 2.24) is 29.4 Å². The Labute approximate surface area is 181 Å². The number of piperazine rings is 1. The van der Waals surface area contributed by atoms with E-state index >= 15 is 0 Å². The molecule has 8 heteroatoms. The lowest BCUT2D eigenvalue weighted by Crippen LogP contribution is -2.46. The number of nitrogens with one attached hydrogen (secondary N) is 1. The number of anilines is 3. The van der Waals surface area contributed by atoms with Crippen molar-refractivity contribution in [3.05, 3.63) is 43.0 Å². The summed E-state index contributed by atoms with van der Waals surface area (Å²) >= 11 is 0. The quantitative estimate of drug-likeness (QED) is 0.530. The molecule has 0 aliphatic carbocycles. The van der Waals surface area contributed by atoms with Crippen molar-refractivity contribution in [2.45, 2.75) is 26.8 Å². The second-order valence-corrected chi connectivity index (χ2v) is 8.26. The van der Waals surface area contributed by atoms with E-state index in [-0.39, 0.29) is 0 Å². The molecule has 1 saturated heterocycles. The first-order valence-electron chi connectivity index (χ1n) is 10.9. The van der Waals surface area contributed by atoms with E-state index in [4.69, 9.17) is 4.98 Å². The zero-order chi connectivity index (χ0) is 21.4. The van der Waals surface area contributed by atoms with Crippen molar-refractivity contribution in [3.63, 3.8) is 0 Å². The third-order valence-corrected chi connectivity index (χ3v) is 6.01. The third kappa shape index (κ3) is 3.79. The number of likely N-dealkylation sites (N-methyl/N-ethyl adjacent to an activating group) is 1. The van der Waals surface area contributed by atoms with Gasteiger partial charge in [0.15, 0.2) is 0 Å². The van der Waals surface area contributed by atoms with Crippen molar-refractivity contribution in [1.29, 1.82) is 0 Å². The van der Waals surface area contributed by atoms with Gasteiger partial charge in [-0.3, -0.25) is 0 Å². The van der Waals surface area contributed by atoms with Crippen molar-refractivity contribution in [3.8, 4) is 0 Å². The van der Waals surface area contributed by atoms with Crippen LogP contribution in [0.15, 0.2) is 43.0 Å². The lowest BCUT2D eigenvalue weighted by molar-refractivity contribution is 0.271. The summed E-state index contributed by atoms with van der Waals surface area (Å²) in [5, 5.41) is 4.25. The van der Waals surface area contributed by atoms with E-state index < -0.39 is 0 Å². The minimum Gasteiger partial charge on any atom is -0.368 e. The van der Waals surface area contributed by atoms with E-state index in [1.54, 1.807) is 0 Å². The van der Waals surface area contributed by atoms with Crippen molar-refractivity contribution in [2.75, 3.05) is 42.9 Å².